The van der Waals surface area contributed by atoms with Crippen molar-refractivity contribution in [2.24, 2.45) is 0 Å². The van der Waals surface area contributed by atoms with E-state index in [1.165, 1.54) is 18.3 Å². The van der Waals surface area contributed by atoms with Crippen molar-refractivity contribution in [3.05, 3.63) is 40.9 Å². The Bertz CT molecular complexity index is 837. The van der Waals surface area contributed by atoms with Crippen LogP contribution in [0.1, 0.15) is 32.0 Å². The molecule has 2 amide bonds. The molecule has 0 aliphatic rings. The van der Waals surface area contributed by atoms with E-state index in [4.69, 9.17) is 12.2 Å². The molecular formula is C19H25N5O2S2. The van der Waals surface area contributed by atoms with E-state index in [-0.39, 0.29) is 11.8 Å². The highest BCUT2D eigenvalue weighted by molar-refractivity contribution is 7.80. The number of hydrogen-bond donors (Lipinski definition) is 3. The normalized spacial score (nSPS) is 10.2. The van der Waals surface area contributed by atoms with Gasteiger partial charge >= 0.3 is 0 Å². The van der Waals surface area contributed by atoms with Crippen LogP contribution in [0.15, 0.2) is 29.6 Å². The highest BCUT2D eigenvalue weighted by atomic mass is 32.1. The first-order chi connectivity index (χ1) is 13.4. The Morgan fingerprint density at radius 1 is 1.14 bits per heavy atom. The molecule has 150 valence electrons. The number of thiazole rings is 1. The van der Waals surface area contributed by atoms with Gasteiger partial charge in [0, 0.05) is 32.3 Å². The molecule has 0 aliphatic carbocycles. The second-order valence-electron chi connectivity index (χ2n) is 6.05. The summed E-state index contributed by atoms with van der Waals surface area (Å²) in [6, 6.07) is 7.85. The third-order valence-corrected chi connectivity index (χ3v) is 5.04. The highest BCUT2D eigenvalue weighted by Crippen LogP contribution is 2.31. The first-order valence-corrected chi connectivity index (χ1v) is 10.3. The molecule has 2 aromatic rings. The van der Waals surface area contributed by atoms with E-state index in [1.807, 2.05) is 29.6 Å². The quantitative estimate of drug-likeness (QED) is 0.450. The third kappa shape index (κ3) is 6.28. The third-order valence-electron chi connectivity index (χ3n) is 3.87. The van der Waals surface area contributed by atoms with Gasteiger partial charge in [0.25, 0.3) is 0 Å². The van der Waals surface area contributed by atoms with Crippen molar-refractivity contribution in [3.8, 4) is 0 Å². The van der Waals surface area contributed by atoms with Crippen LogP contribution >= 0.6 is 23.6 Å². The van der Waals surface area contributed by atoms with Crippen LogP contribution in [0, 0.1) is 0 Å². The lowest BCUT2D eigenvalue weighted by molar-refractivity contribution is -0.119. The zero-order chi connectivity index (χ0) is 20.5. The first kappa shape index (κ1) is 21.8. The number of carbonyl (C=O) groups is 2. The zero-order valence-corrected chi connectivity index (χ0v) is 17.9. The van der Waals surface area contributed by atoms with Crippen LogP contribution in [0.5, 0.6) is 0 Å². The van der Waals surface area contributed by atoms with Gasteiger partial charge in [-0.3, -0.25) is 14.5 Å². The molecule has 0 spiro atoms. The Kier molecular flexibility index (Phi) is 8.34. The maximum atomic E-state index is 12.3. The van der Waals surface area contributed by atoms with Crippen molar-refractivity contribution in [2.75, 3.05) is 18.0 Å². The Hall–Kier alpha value is -2.52. The summed E-state index contributed by atoms with van der Waals surface area (Å²) in [6.07, 6.45) is 0.832. The summed E-state index contributed by atoms with van der Waals surface area (Å²) in [4.78, 5) is 29.4. The standard InChI is InChI=1S/C19H25N5O2S2/c1-4-15-7-5-6-8-17(15)24(14(3)26)19-23-16(12-28-19)11-22-18(27)21-10-9-20-13(2)25/h5-8,12H,4,9-11H2,1-3H3,(H,20,25)(H2,21,22,27). The summed E-state index contributed by atoms with van der Waals surface area (Å²) < 4.78 is 0. The number of amides is 2. The molecule has 2 rings (SSSR count). The van der Waals surface area contributed by atoms with E-state index >= 15 is 0 Å². The fourth-order valence-electron chi connectivity index (χ4n) is 2.56. The molecule has 0 radical (unpaired) electrons. The fourth-order valence-corrected chi connectivity index (χ4v) is 3.62. The van der Waals surface area contributed by atoms with Crippen LogP contribution in [0.2, 0.25) is 0 Å². The lowest BCUT2D eigenvalue weighted by atomic mass is 10.1. The number of rotatable bonds is 8. The fraction of sp³-hybridized carbons (Fsp3) is 0.368. The second kappa shape index (κ2) is 10.7. The number of nitrogens with one attached hydrogen (secondary N) is 3. The number of hydrogen-bond acceptors (Lipinski definition) is 5. The largest absolute Gasteiger partial charge is 0.361 e. The van der Waals surface area contributed by atoms with Crippen molar-refractivity contribution in [2.45, 2.75) is 33.7 Å². The first-order valence-electron chi connectivity index (χ1n) is 9.01. The van der Waals surface area contributed by atoms with E-state index in [1.54, 1.807) is 11.8 Å². The number of aromatic nitrogens is 1. The number of nitrogens with zero attached hydrogens (tertiary/aromatic N) is 2. The molecule has 3 N–H and O–H groups in total. The molecular weight excluding hydrogens is 394 g/mol. The monoisotopic (exact) mass is 419 g/mol. The van der Waals surface area contributed by atoms with Crippen LogP contribution in [0.3, 0.4) is 0 Å². The molecule has 0 unspecified atom stereocenters. The molecule has 0 saturated carbocycles. The molecule has 1 aromatic heterocycles. The predicted molar refractivity (Wildman–Crippen MR) is 117 cm³/mol. The van der Waals surface area contributed by atoms with Crippen molar-refractivity contribution >= 4 is 51.3 Å². The van der Waals surface area contributed by atoms with Crippen molar-refractivity contribution < 1.29 is 9.59 Å². The lowest BCUT2D eigenvalue weighted by Crippen LogP contribution is -2.39. The van der Waals surface area contributed by atoms with Gasteiger partial charge < -0.3 is 16.0 Å². The van der Waals surface area contributed by atoms with Crippen LogP contribution in [0.4, 0.5) is 10.8 Å². The summed E-state index contributed by atoms with van der Waals surface area (Å²) in [6.45, 7) is 6.57. The summed E-state index contributed by atoms with van der Waals surface area (Å²) >= 11 is 6.64. The van der Waals surface area contributed by atoms with Crippen LogP contribution in [0.25, 0.3) is 0 Å². The SMILES string of the molecule is CCc1ccccc1N(C(C)=O)c1nc(CNC(=S)NCCNC(C)=O)cs1. The minimum atomic E-state index is -0.0788. The average molecular weight is 420 g/mol. The zero-order valence-electron chi connectivity index (χ0n) is 16.2. The topological polar surface area (TPSA) is 86.4 Å². The van der Waals surface area contributed by atoms with Crippen molar-refractivity contribution in [3.63, 3.8) is 0 Å². The van der Waals surface area contributed by atoms with Crippen LogP contribution in [-0.4, -0.2) is 35.0 Å². The van der Waals surface area contributed by atoms with Gasteiger partial charge in [0.15, 0.2) is 10.2 Å². The Morgan fingerprint density at radius 2 is 1.86 bits per heavy atom. The molecule has 0 bridgehead atoms. The van der Waals surface area contributed by atoms with Gasteiger partial charge in [-0.1, -0.05) is 25.1 Å². The summed E-state index contributed by atoms with van der Waals surface area (Å²) in [5.74, 6) is -0.153. The molecule has 0 atom stereocenters. The minimum Gasteiger partial charge on any atom is -0.361 e. The Labute approximate surface area is 174 Å². The van der Waals surface area contributed by atoms with Gasteiger partial charge in [-0.15, -0.1) is 11.3 Å². The van der Waals surface area contributed by atoms with Gasteiger partial charge in [-0.25, -0.2) is 4.98 Å². The number of aryl methyl sites for hydroxylation is 1. The van der Waals surface area contributed by atoms with Gasteiger partial charge in [-0.2, -0.15) is 0 Å². The van der Waals surface area contributed by atoms with E-state index < -0.39 is 0 Å². The number of thiocarbonyl (C=S) groups is 1. The smallest absolute Gasteiger partial charge is 0.230 e. The summed E-state index contributed by atoms with van der Waals surface area (Å²) in [5, 5.41) is 11.8. The molecule has 0 aliphatic heterocycles. The minimum absolute atomic E-state index is 0.0737. The molecule has 1 heterocycles. The Balaban J connectivity index is 1.98. The van der Waals surface area contributed by atoms with Gasteiger partial charge in [0.05, 0.1) is 17.9 Å². The molecule has 7 nitrogen and oxygen atoms in total. The number of benzene rings is 1. The van der Waals surface area contributed by atoms with Crippen LogP contribution < -0.4 is 20.9 Å². The summed E-state index contributed by atoms with van der Waals surface area (Å²) in [7, 11) is 0. The lowest BCUT2D eigenvalue weighted by Gasteiger charge is -2.21. The van der Waals surface area contributed by atoms with E-state index in [0.29, 0.717) is 29.9 Å². The molecule has 0 fully saturated rings. The molecule has 9 heteroatoms. The van der Waals surface area contributed by atoms with E-state index in [9.17, 15) is 9.59 Å². The van der Waals surface area contributed by atoms with Gasteiger partial charge in [0.1, 0.15) is 0 Å². The molecule has 1 aromatic carbocycles. The van der Waals surface area contributed by atoms with E-state index in [0.717, 1.165) is 23.4 Å². The van der Waals surface area contributed by atoms with Crippen LogP contribution in [-0.2, 0) is 22.6 Å². The van der Waals surface area contributed by atoms with Gasteiger partial charge in [0.2, 0.25) is 11.8 Å². The van der Waals surface area contributed by atoms with Crippen molar-refractivity contribution in [1.29, 1.82) is 0 Å². The number of carbonyl (C=O) groups excluding carboxylic acids is 2. The average Bonchev–Trinajstić information content (AvgIpc) is 3.12. The van der Waals surface area contributed by atoms with E-state index in [2.05, 4.69) is 27.9 Å². The Morgan fingerprint density at radius 3 is 2.54 bits per heavy atom. The second-order valence-corrected chi connectivity index (χ2v) is 7.30. The molecule has 28 heavy (non-hydrogen) atoms. The maximum Gasteiger partial charge on any atom is 0.230 e. The predicted octanol–water partition coefficient (Wildman–Crippen LogP) is 2.49. The van der Waals surface area contributed by atoms with Gasteiger partial charge in [-0.05, 0) is 30.3 Å². The number of para-hydroxylation sites is 1. The maximum absolute atomic E-state index is 12.3. The summed E-state index contributed by atoms with van der Waals surface area (Å²) in [5.41, 5.74) is 2.75. The van der Waals surface area contributed by atoms with Crippen molar-refractivity contribution in [1.82, 2.24) is 20.9 Å². The molecule has 0 saturated heterocycles. The highest BCUT2D eigenvalue weighted by Gasteiger charge is 2.20. The number of anilines is 2.